The van der Waals surface area contributed by atoms with E-state index in [1.807, 2.05) is 0 Å². The molecule has 0 aliphatic heterocycles. The lowest BCUT2D eigenvalue weighted by Gasteiger charge is -2.22. The maximum absolute atomic E-state index is 5.20. The van der Waals surface area contributed by atoms with Crippen LogP contribution in [0.1, 0.15) is 33.1 Å². The highest BCUT2D eigenvalue weighted by atomic mass is 16.5. The molecule has 0 heterocycles. The zero-order valence-corrected chi connectivity index (χ0v) is 8.47. The van der Waals surface area contributed by atoms with Crippen LogP contribution in [0.2, 0.25) is 0 Å². The van der Waals surface area contributed by atoms with Crippen LogP contribution in [0.3, 0.4) is 0 Å². The molecule has 1 aliphatic rings. The summed E-state index contributed by atoms with van der Waals surface area (Å²) in [5, 5.41) is 3.60. The normalized spacial score (nSPS) is 30.0. The van der Waals surface area contributed by atoms with Gasteiger partial charge in [-0.2, -0.15) is 0 Å². The Morgan fingerprint density at radius 1 is 1.42 bits per heavy atom. The van der Waals surface area contributed by atoms with Crippen molar-refractivity contribution in [3.63, 3.8) is 0 Å². The van der Waals surface area contributed by atoms with E-state index in [2.05, 4.69) is 19.2 Å². The van der Waals surface area contributed by atoms with Gasteiger partial charge in [-0.05, 0) is 18.8 Å². The van der Waals surface area contributed by atoms with Gasteiger partial charge in [0.2, 0.25) is 0 Å². The van der Waals surface area contributed by atoms with E-state index in [4.69, 9.17) is 4.74 Å². The lowest BCUT2D eigenvalue weighted by molar-refractivity contribution is 0.139. The summed E-state index contributed by atoms with van der Waals surface area (Å²) >= 11 is 0. The minimum atomic E-state index is 0.604. The molecule has 1 aliphatic carbocycles. The maximum atomic E-state index is 5.20. The molecular weight excluding hydrogens is 150 g/mol. The maximum Gasteiger partial charge on any atom is 0.0505 e. The Bertz CT molecular complexity index is 125. The smallest absolute Gasteiger partial charge is 0.0505 e. The molecule has 0 radical (unpaired) electrons. The summed E-state index contributed by atoms with van der Waals surface area (Å²) in [6.07, 6.45) is 4.02. The van der Waals surface area contributed by atoms with Crippen LogP contribution in [0, 0.1) is 5.92 Å². The molecule has 1 rings (SSSR count). The molecule has 0 spiro atoms. The highest BCUT2D eigenvalue weighted by Crippen LogP contribution is 2.25. The van der Waals surface area contributed by atoms with Gasteiger partial charge in [0.15, 0.2) is 0 Å². The van der Waals surface area contributed by atoms with Crippen molar-refractivity contribution in [2.75, 3.05) is 13.7 Å². The first-order valence-corrected chi connectivity index (χ1v) is 4.99. The third kappa shape index (κ3) is 2.76. The molecule has 2 nitrogen and oxygen atoms in total. The predicted octanol–water partition coefficient (Wildman–Crippen LogP) is 1.80. The summed E-state index contributed by atoms with van der Waals surface area (Å²) in [4.78, 5) is 0. The van der Waals surface area contributed by atoms with Crippen LogP contribution < -0.4 is 5.32 Å². The molecule has 0 aromatic heterocycles. The van der Waals surface area contributed by atoms with Crippen molar-refractivity contribution in [2.45, 2.75) is 45.2 Å². The minimum Gasteiger partial charge on any atom is -0.384 e. The SMILES string of the molecule is COCC1CCCC1NC(C)C. The van der Waals surface area contributed by atoms with Gasteiger partial charge < -0.3 is 10.1 Å². The molecule has 2 atom stereocenters. The van der Waals surface area contributed by atoms with E-state index in [1.165, 1.54) is 19.3 Å². The standard InChI is InChI=1S/C10H21NO/c1-8(2)11-10-6-4-5-9(10)7-12-3/h8-11H,4-7H2,1-3H3. The van der Waals surface area contributed by atoms with Crippen LogP contribution in [0.15, 0.2) is 0 Å². The van der Waals surface area contributed by atoms with Crippen molar-refractivity contribution in [2.24, 2.45) is 5.92 Å². The number of hydrogen-bond acceptors (Lipinski definition) is 2. The van der Waals surface area contributed by atoms with Crippen molar-refractivity contribution in [1.82, 2.24) is 5.32 Å². The topological polar surface area (TPSA) is 21.3 Å². The van der Waals surface area contributed by atoms with Crippen LogP contribution >= 0.6 is 0 Å². The predicted molar refractivity (Wildman–Crippen MR) is 51.3 cm³/mol. The molecule has 0 aromatic carbocycles. The van der Waals surface area contributed by atoms with E-state index in [0.29, 0.717) is 12.1 Å². The van der Waals surface area contributed by atoms with E-state index >= 15 is 0 Å². The lowest BCUT2D eigenvalue weighted by Crippen LogP contribution is -2.38. The zero-order valence-electron chi connectivity index (χ0n) is 8.47. The molecule has 1 saturated carbocycles. The number of rotatable bonds is 4. The van der Waals surface area contributed by atoms with Gasteiger partial charge in [-0.3, -0.25) is 0 Å². The Kier molecular flexibility index (Phi) is 4.02. The van der Waals surface area contributed by atoms with Gasteiger partial charge in [0, 0.05) is 19.2 Å². The highest BCUT2D eigenvalue weighted by Gasteiger charge is 2.26. The average molecular weight is 171 g/mol. The Balaban J connectivity index is 2.30. The van der Waals surface area contributed by atoms with Gasteiger partial charge in [-0.15, -0.1) is 0 Å². The van der Waals surface area contributed by atoms with Gasteiger partial charge in [0.1, 0.15) is 0 Å². The summed E-state index contributed by atoms with van der Waals surface area (Å²) in [6.45, 7) is 5.34. The van der Waals surface area contributed by atoms with Gasteiger partial charge in [0.25, 0.3) is 0 Å². The Morgan fingerprint density at radius 3 is 2.75 bits per heavy atom. The number of hydrogen-bond donors (Lipinski definition) is 1. The summed E-state index contributed by atoms with van der Waals surface area (Å²) in [6, 6.07) is 1.30. The van der Waals surface area contributed by atoms with E-state index in [1.54, 1.807) is 7.11 Å². The molecule has 72 valence electrons. The monoisotopic (exact) mass is 171 g/mol. The first-order chi connectivity index (χ1) is 5.74. The second kappa shape index (κ2) is 4.83. The number of ether oxygens (including phenoxy) is 1. The zero-order chi connectivity index (χ0) is 8.97. The third-order valence-electron chi connectivity index (χ3n) is 2.59. The fraction of sp³-hybridized carbons (Fsp3) is 1.00. The first-order valence-electron chi connectivity index (χ1n) is 4.99. The molecule has 0 aromatic rings. The fourth-order valence-corrected chi connectivity index (χ4v) is 2.10. The van der Waals surface area contributed by atoms with E-state index in [-0.39, 0.29) is 0 Å². The van der Waals surface area contributed by atoms with Crippen molar-refractivity contribution < 1.29 is 4.74 Å². The Hall–Kier alpha value is -0.0800. The fourth-order valence-electron chi connectivity index (χ4n) is 2.10. The van der Waals surface area contributed by atoms with Gasteiger partial charge in [-0.25, -0.2) is 0 Å². The number of nitrogens with one attached hydrogen (secondary N) is 1. The second-order valence-electron chi connectivity index (χ2n) is 4.07. The average Bonchev–Trinajstić information content (AvgIpc) is 2.37. The highest BCUT2D eigenvalue weighted by molar-refractivity contribution is 4.83. The van der Waals surface area contributed by atoms with Gasteiger partial charge in [-0.1, -0.05) is 20.3 Å². The number of methoxy groups -OCH3 is 1. The van der Waals surface area contributed by atoms with Crippen LogP contribution in [0.5, 0.6) is 0 Å². The molecule has 2 unspecified atom stereocenters. The van der Waals surface area contributed by atoms with Crippen LogP contribution in [0.4, 0.5) is 0 Å². The van der Waals surface area contributed by atoms with Crippen LogP contribution in [-0.4, -0.2) is 25.8 Å². The minimum absolute atomic E-state index is 0.604. The molecule has 0 bridgehead atoms. The first kappa shape index (κ1) is 10.0. The summed E-state index contributed by atoms with van der Waals surface area (Å²) < 4.78 is 5.20. The third-order valence-corrected chi connectivity index (χ3v) is 2.59. The van der Waals surface area contributed by atoms with Crippen LogP contribution in [0.25, 0.3) is 0 Å². The molecule has 0 saturated heterocycles. The van der Waals surface area contributed by atoms with Crippen LogP contribution in [-0.2, 0) is 4.74 Å². The van der Waals surface area contributed by atoms with Crippen molar-refractivity contribution >= 4 is 0 Å². The van der Waals surface area contributed by atoms with Crippen molar-refractivity contribution in [3.8, 4) is 0 Å². The van der Waals surface area contributed by atoms with Crippen molar-refractivity contribution in [1.29, 1.82) is 0 Å². The van der Waals surface area contributed by atoms with E-state index < -0.39 is 0 Å². The molecular formula is C10H21NO. The largest absolute Gasteiger partial charge is 0.384 e. The quantitative estimate of drug-likeness (QED) is 0.696. The molecule has 1 fully saturated rings. The molecule has 1 N–H and O–H groups in total. The molecule has 2 heteroatoms. The van der Waals surface area contributed by atoms with E-state index in [9.17, 15) is 0 Å². The lowest BCUT2D eigenvalue weighted by atomic mass is 10.0. The van der Waals surface area contributed by atoms with Gasteiger partial charge in [0.05, 0.1) is 6.61 Å². The Labute approximate surface area is 75.7 Å². The second-order valence-corrected chi connectivity index (χ2v) is 4.07. The van der Waals surface area contributed by atoms with Gasteiger partial charge >= 0.3 is 0 Å². The molecule has 0 amide bonds. The summed E-state index contributed by atoms with van der Waals surface area (Å²) in [5.41, 5.74) is 0. The summed E-state index contributed by atoms with van der Waals surface area (Å²) in [5.74, 6) is 0.748. The molecule has 12 heavy (non-hydrogen) atoms. The summed E-state index contributed by atoms with van der Waals surface area (Å²) in [7, 11) is 1.80. The van der Waals surface area contributed by atoms with Crippen molar-refractivity contribution in [3.05, 3.63) is 0 Å². The van der Waals surface area contributed by atoms with E-state index in [0.717, 1.165) is 12.5 Å². The Morgan fingerprint density at radius 2 is 2.17 bits per heavy atom.